The van der Waals surface area contributed by atoms with Gasteiger partial charge in [-0.15, -0.1) is 11.3 Å². The van der Waals surface area contributed by atoms with Gasteiger partial charge in [-0.3, -0.25) is 4.79 Å². The number of halogens is 2. The molecule has 0 radical (unpaired) electrons. The number of nitrogen functional groups attached to an aromatic ring is 1. The van der Waals surface area contributed by atoms with Gasteiger partial charge in [0.2, 0.25) is 0 Å². The van der Waals surface area contributed by atoms with E-state index in [1.54, 1.807) is 6.92 Å². The lowest BCUT2D eigenvalue weighted by Crippen LogP contribution is -2.22. The fraction of sp³-hybridized carbons (Fsp3) is 0.455. The van der Waals surface area contributed by atoms with E-state index in [0.29, 0.717) is 6.54 Å². The van der Waals surface area contributed by atoms with Crippen molar-refractivity contribution in [1.82, 2.24) is 5.32 Å². The number of hydrogen-bond acceptors (Lipinski definition) is 6. The molecule has 0 spiro atoms. The van der Waals surface area contributed by atoms with Crippen molar-refractivity contribution in [2.75, 3.05) is 31.2 Å². The molecule has 0 saturated heterocycles. The van der Waals surface area contributed by atoms with Crippen LogP contribution in [-0.4, -0.2) is 38.5 Å². The van der Waals surface area contributed by atoms with Crippen LogP contribution in [0.4, 0.5) is 19.5 Å². The molecule has 20 heavy (non-hydrogen) atoms. The van der Waals surface area contributed by atoms with E-state index in [1.165, 1.54) is 0 Å². The summed E-state index contributed by atoms with van der Waals surface area (Å²) in [5.41, 5.74) is 5.56. The zero-order chi connectivity index (χ0) is 15.3. The van der Waals surface area contributed by atoms with Crippen molar-refractivity contribution >= 4 is 33.9 Å². The second-order valence-electron chi connectivity index (χ2n) is 3.67. The molecular formula is C11H15F2N3O3S. The lowest BCUT2D eigenvalue weighted by Gasteiger charge is -2.05. The number of methoxy groups -OCH3 is 1. The lowest BCUT2D eigenvalue weighted by atomic mass is 10.2. The maximum absolute atomic E-state index is 12.2. The molecule has 1 aromatic rings. The number of carbonyl (C=O) groups excluding carboxylic acids is 2. The van der Waals surface area contributed by atoms with Crippen molar-refractivity contribution in [3.05, 3.63) is 10.4 Å². The molecule has 0 bridgehead atoms. The van der Waals surface area contributed by atoms with Gasteiger partial charge < -0.3 is 21.1 Å². The number of ether oxygens (including phenoxy) is 1. The summed E-state index contributed by atoms with van der Waals surface area (Å²) in [6.07, 6.45) is -2.60. The molecule has 4 N–H and O–H groups in total. The molecule has 112 valence electrons. The molecule has 0 aliphatic rings. The number of thiophene rings is 1. The highest BCUT2D eigenvalue weighted by Gasteiger charge is 2.26. The van der Waals surface area contributed by atoms with E-state index in [-0.39, 0.29) is 21.1 Å². The number of carbonyl (C=O) groups is 2. The van der Waals surface area contributed by atoms with E-state index in [4.69, 9.17) is 5.73 Å². The number of hydrogen-bond donors (Lipinski definition) is 3. The van der Waals surface area contributed by atoms with Crippen LogP contribution < -0.4 is 16.4 Å². The first-order valence-electron chi connectivity index (χ1n) is 5.73. The fourth-order valence-corrected chi connectivity index (χ4v) is 2.48. The Morgan fingerprint density at radius 3 is 2.60 bits per heavy atom. The molecule has 0 atom stereocenters. The minimum absolute atomic E-state index is 0.0791. The number of anilines is 2. The molecule has 0 unspecified atom stereocenters. The maximum Gasteiger partial charge on any atom is 0.343 e. The first-order chi connectivity index (χ1) is 9.42. The average Bonchev–Trinajstić information content (AvgIpc) is 2.73. The zero-order valence-corrected chi connectivity index (χ0v) is 11.8. The number of nitrogens with two attached hydrogens (primary N) is 1. The summed E-state index contributed by atoms with van der Waals surface area (Å²) in [5.74, 6) is -1.25. The fourth-order valence-electron chi connectivity index (χ4n) is 1.45. The Morgan fingerprint density at radius 2 is 2.10 bits per heavy atom. The summed E-state index contributed by atoms with van der Waals surface area (Å²) in [6, 6.07) is 0. The first-order valence-corrected chi connectivity index (χ1v) is 6.54. The lowest BCUT2D eigenvalue weighted by molar-refractivity contribution is 0.0603. The molecule has 0 saturated carbocycles. The topological polar surface area (TPSA) is 93.5 Å². The molecule has 1 rings (SSSR count). The predicted molar refractivity (Wildman–Crippen MR) is 72.6 cm³/mol. The third-order valence-electron chi connectivity index (χ3n) is 2.30. The molecule has 0 aliphatic heterocycles. The predicted octanol–water partition coefficient (Wildman–Crippen LogP) is 1.54. The standard InChI is InChI=1S/C11H15F2N3O3S/c1-3-15-9(17)8-7(14)6(11(18)19-2)10(20-8)16-4-5(12)13/h5,16H,3-4,14H2,1-2H3,(H,15,17). The highest BCUT2D eigenvalue weighted by atomic mass is 32.1. The highest BCUT2D eigenvalue weighted by Crippen LogP contribution is 2.36. The van der Waals surface area contributed by atoms with Crippen LogP contribution in [-0.2, 0) is 4.74 Å². The first kappa shape index (κ1) is 16.2. The summed E-state index contributed by atoms with van der Waals surface area (Å²) in [7, 11) is 1.14. The third-order valence-corrected chi connectivity index (χ3v) is 3.46. The normalized spacial score (nSPS) is 10.4. The number of nitrogens with one attached hydrogen (secondary N) is 2. The van der Waals surface area contributed by atoms with Crippen LogP contribution in [0.3, 0.4) is 0 Å². The molecular weight excluding hydrogens is 292 g/mol. The minimum Gasteiger partial charge on any atom is -0.465 e. The number of rotatable bonds is 6. The van der Waals surface area contributed by atoms with Crippen LogP contribution in [0.25, 0.3) is 0 Å². The SMILES string of the molecule is CCNC(=O)c1sc(NCC(F)F)c(C(=O)OC)c1N. The Kier molecular flexibility index (Phi) is 5.68. The van der Waals surface area contributed by atoms with Gasteiger partial charge in [-0.25, -0.2) is 13.6 Å². The smallest absolute Gasteiger partial charge is 0.343 e. The second-order valence-corrected chi connectivity index (χ2v) is 4.69. The minimum atomic E-state index is -2.60. The number of amides is 1. The average molecular weight is 307 g/mol. The molecule has 1 heterocycles. The third kappa shape index (κ3) is 3.56. The van der Waals surface area contributed by atoms with Crippen LogP contribution >= 0.6 is 11.3 Å². The second kappa shape index (κ2) is 7.04. The van der Waals surface area contributed by atoms with Crippen LogP contribution in [0.5, 0.6) is 0 Å². The quantitative estimate of drug-likeness (QED) is 0.693. The Hall–Kier alpha value is -1.90. The Bertz CT molecular complexity index is 505. The molecule has 0 fully saturated rings. The zero-order valence-electron chi connectivity index (χ0n) is 11.0. The van der Waals surface area contributed by atoms with E-state index >= 15 is 0 Å². The van der Waals surface area contributed by atoms with Gasteiger partial charge in [0.05, 0.1) is 19.3 Å². The van der Waals surface area contributed by atoms with E-state index in [2.05, 4.69) is 15.4 Å². The Morgan fingerprint density at radius 1 is 1.45 bits per heavy atom. The van der Waals surface area contributed by atoms with E-state index in [9.17, 15) is 18.4 Å². The largest absolute Gasteiger partial charge is 0.465 e. The van der Waals surface area contributed by atoms with Gasteiger partial charge in [-0.1, -0.05) is 0 Å². The summed E-state index contributed by atoms with van der Waals surface area (Å²) >= 11 is 0.838. The highest BCUT2D eigenvalue weighted by molar-refractivity contribution is 7.19. The van der Waals surface area contributed by atoms with Gasteiger partial charge >= 0.3 is 5.97 Å². The molecule has 0 aromatic carbocycles. The van der Waals surface area contributed by atoms with Gasteiger partial charge in [-0.2, -0.15) is 0 Å². The van der Waals surface area contributed by atoms with Crippen LogP contribution in [0.15, 0.2) is 0 Å². The number of alkyl halides is 2. The van der Waals surface area contributed by atoms with Gasteiger partial charge in [0, 0.05) is 6.54 Å². The summed E-state index contributed by atoms with van der Waals surface area (Å²) in [5, 5.41) is 5.02. The Balaban J connectivity index is 3.16. The summed E-state index contributed by atoms with van der Waals surface area (Å²) in [4.78, 5) is 23.5. The molecule has 1 aromatic heterocycles. The van der Waals surface area contributed by atoms with E-state index < -0.39 is 24.8 Å². The van der Waals surface area contributed by atoms with Crippen molar-refractivity contribution in [2.45, 2.75) is 13.3 Å². The molecule has 1 amide bonds. The maximum atomic E-state index is 12.2. The van der Waals surface area contributed by atoms with Crippen molar-refractivity contribution in [3.63, 3.8) is 0 Å². The van der Waals surface area contributed by atoms with E-state index in [0.717, 1.165) is 18.4 Å². The van der Waals surface area contributed by atoms with Crippen LogP contribution in [0.2, 0.25) is 0 Å². The van der Waals surface area contributed by atoms with Gasteiger partial charge in [0.1, 0.15) is 15.4 Å². The molecule has 6 nitrogen and oxygen atoms in total. The monoisotopic (exact) mass is 307 g/mol. The molecule has 0 aliphatic carbocycles. The van der Waals surface area contributed by atoms with Gasteiger partial charge in [0.15, 0.2) is 0 Å². The molecule has 9 heteroatoms. The van der Waals surface area contributed by atoms with E-state index in [1.807, 2.05) is 0 Å². The van der Waals surface area contributed by atoms with Crippen molar-refractivity contribution in [2.24, 2.45) is 0 Å². The Labute approximate surface area is 118 Å². The van der Waals surface area contributed by atoms with Crippen LogP contribution in [0.1, 0.15) is 27.0 Å². The summed E-state index contributed by atoms with van der Waals surface area (Å²) < 4.78 is 29.0. The van der Waals surface area contributed by atoms with Gasteiger partial charge in [-0.05, 0) is 6.92 Å². The van der Waals surface area contributed by atoms with Crippen molar-refractivity contribution in [3.8, 4) is 0 Å². The van der Waals surface area contributed by atoms with Crippen molar-refractivity contribution in [1.29, 1.82) is 0 Å². The van der Waals surface area contributed by atoms with Crippen LogP contribution in [0, 0.1) is 0 Å². The number of esters is 1. The van der Waals surface area contributed by atoms with Gasteiger partial charge in [0.25, 0.3) is 12.3 Å². The van der Waals surface area contributed by atoms with Crippen molar-refractivity contribution < 1.29 is 23.1 Å². The summed E-state index contributed by atoms with van der Waals surface area (Å²) in [6.45, 7) is 1.45.